The van der Waals surface area contributed by atoms with Crippen molar-refractivity contribution in [3.05, 3.63) is 0 Å². The van der Waals surface area contributed by atoms with Crippen molar-refractivity contribution in [1.29, 1.82) is 0 Å². The maximum absolute atomic E-state index is 9.84. The minimum Gasteiger partial charge on any atom is -0.479 e. The maximum atomic E-state index is 9.84. The van der Waals surface area contributed by atoms with Gasteiger partial charge < -0.3 is 37.2 Å². The molecule has 3 saturated carbocycles. The summed E-state index contributed by atoms with van der Waals surface area (Å²) in [5, 5.41) is 15.9. The first-order chi connectivity index (χ1) is 14.0. The van der Waals surface area contributed by atoms with Gasteiger partial charge in [-0.3, -0.25) is 4.57 Å². The van der Waals surface area contributed by atoms with Crippen LogP contribution in [0.2, 0.25) is 0 Å². The van der Waals surface area contributed by atoms with Gasteiger partial charge in [0.25, 0.3) is 5.85 Å². The molecule has 0 aromatic heterocycles. The number of carboxylic acids is 1. The van der Waals surface area contributed by atoms with Gasteiger partial charge in [0.2, 0.25) is 0 Å². The van der Waals surface area contributed by atoms with Crippen LogP contribution in [-0.4, -0.2) is 49.9 Å². The fourth-order valence-corrected chi connectivity index (χ4v) is 3.83. The number of aliphatic hydroxyl groups excluding tert-OH is 1. The van der Waals surface area contributed by atoms with Crippen molar-refractivity contribution in [3.8, 4) is 0 Å². The number of aliphatic carboxylic acids is 1. The third-order valence-corrected chi connectivity index (χ3v) is 6.35. The third kappa shape index (κ3) is 17.2. The molecule has 0 radical (unpaired) electrons. The van der Waals surface area contributed by atoms with Gasteiger partial charge in [0.1, 0.15) is 0 Å². The Morgan fingerprint density at radius 1 is 0.667 bits per heavy atom. The number of aliphatic hydroxyl groups is 1. The summed E-state index contributed by atoms with van der Waals surface area (Å²) in [7, 11) is -4.86. The molecule has 10 heteroatoms. The Labute approximate surface area is 180 Å². The molecule has 1 atom stereocenters. The molecular weight excluding hydrogens is 409 g/mol. The fourth-order valence-electron chi connectivity index (χ4n) is 3.55. The second-order valence-corrected chi connectivity index (χ2v) is 10.2. The topological polar surface area (TPSA) is 193 Å². The Morgan fingerprint density at radius 3 is 0.967 bits per heavy atom. The molecule has 0 heterocycles. The second kappa shape index (κ2) is 17.1. The van der Waals surface area contributed by atoms with Gasteiger partial charge in [0, 0.05) is 18.1 Å². The summed E-state index contributed by atoms with van der Waals surface area (Å²) in [6.45, 7) is 0. The van der Waals surface area contributed by atoms with Crippen molar-refractivity contribution in [3.63, 3.8) is 0 Å². The SMILES string of the molecule is NC1CCCCC1.NC1CCCCC1.NC1CCCCC1.O=C(O)C(O)P(=O)(O)O. The molecule has 180 valence electrons. The lowest BCUT2D eigenvalue weighted by Gasteiger charge is -2.15. The van der Waals surface area contributed by atoms with E-state index in [0.717, 1.165) is 0 Å². The largest absolute Gasteiger partial charge is 0.479 e. The summed E-state index contributed by atoms with van der Waals surface area (Å²) >= 11 is 0. The molecule has 3 aliphatic carbocycles. The first-order valence-electron chi connectivity index (χ1n) is 11.3. The monoisotopic (exact) mass is 453 g/mol. The van der Waals surface area contributed by atoms with Crippen LogP contribution in [0.4, 0.5) is 0 Å². The van der Waals surface area contributed by atoms with Gasteiger partial charge in [0.15, 0.2) is 0 Å². The summed E-state index contributed by atoms with van der Waals surface area (Å²) in [5.74, 6) is -4.53. The van der Waals surface area contributed by atoms with Gasteiger partial charge in [-0.25, -0.2) is 4.79 Å². The molecule has 0 saturated heterocycles. The Morgan fingerprint density at radius 2 is 0.900 bits per heavy atom. The molecule has 0 aromatic carbocycles. The zero-order chi connectivity index (χ0) is 23.0. The highest BCUT2D eigenvalue weighted by atomic mass is 31.2. The quantitative estimate of drug-likeness (QED) is 0.307. The Balaban J connectivity index is 0.000000375. The van der Waals surface area contributed by atoms with Crippen LogP contribution in [0.15, 0.2) is 0 Å². The van der Waals surface area contributed by atoms with E-state index in [9.17, 15) is 9.36 Å². The van der Waals surface area contributed by atoms with Crippen LogP contribution >= 0.6 is 7.60 Å². The van der Waals surface area contributed by atoms with E-state index >= 15 is 0 Å². The highest BCUT2D eigenvalue weighted by Crippen LogP contribution is 2.39. The van der Waals surface area contributed by atoms with Crippen LogP contribution in [0.5, 0.6) is 0 Å². The lowest BCUT2D eigenvalue weighted by Crippen LogP contribution is -2.22. The number of carbonyl (C=O) groups is 1. The van der Waals surface area contributed by atoms with Crippen LogP contribution in [0, 0.1) is 0 Å². The smallest absolute Gasteiger partial charge is 0.365 e. The molecule has 10 N–H and O–H groups in total. The number of hydrogen-bond donors (Lipinski definition) is 7. The predicted molar refractivity (Wildman–Crippen MR) is 119 cm³/mol. The zero-order valence-electron chi connectivity index (χ0n) is 18.2. The van der Waals surface area contributed by atoms with Gasteiger partial charge in [0.05, 0.1) is 0 Å². The Kier molecular flexibility index (Phi) is 16.8. The molecule has 1 unspecified atom stereocenters. The molecule has 0 spiro atoms. The highest BCUT2D eigenvalue weighted by molar-refractivity contribution is 7.53. The lowest BCUT2D eigenvalue weighted by molar-refractivity contribution is -0.143. The standard InChI is InChI=1S/3C6H13N.C2H5O6P/c3*7-6-4-2-1-3-5-6;3-1(4)2(5)9(6,7)8/h3*6H,1-5,7H2;2,5H,(H,3,4)(H2,6,7,8). The van der Waals surface area contributed by atoms with Crippen LogP contribution < -0.4 is 17.2 Å². The zero-order valence-corrected chi connectivity index (χ0v) is 19.1. The normalized spacial score (nSPS) is 22.2. The van der Waals surface area contributed by atoms with E-state index in [1.807, 2.05) is 0 Å². The van der Waals surface area contributed by atoms with Crippen LogP contribution in [0.1, 0.15) is 96.3 Å². The number of hydrogen-bond acceptors (Lipinski definition) is 6. The first-order valence-corrected chi connectivity index (χ1v) is 12.9. The van der Waals surface area contributed by atoms with E-state index in [2.05, 4.69) is 0 Å². The van der Waals surface area contributed by atoms with E-state index in [-0.39, 0.29) is 0 Å². The molecule has 9 nitrogen and oxygen atoms in total. The van der Waals surface area contributed by atoms with Crippen LogP contribution in [-0.2, 0) is 9.36 Å². The van der Waals surface area contributed by atoms with Gasteiger partial charge >= 0.3 is 13.6 Å². The maximum Gasteiger partial charge on any atom is 0.365 e. The van der Waals surface area contributed by atoms with Crippen molar-refractivity contribution < 1.29 is 29.4 Å². The van der Waals surface area contributed by atoms with Crippen molar-refractivity contribution in [1.82, 2.24) is 0 Å². The predicted octanol–water partition coefficient (Wildman–Crippen LogP) is 2.40. The fraction of sp³-hybridized carbons (Fsp3) is 0.950. The van der Waals surface area contributed by atoms with Crippen molar-refractivity contribution >= 4 is 13.6 Å². The molecule has 0 bridgehead atoms. The van der Waals surface area contributed by atoms with E-state index in [0.29, 0.717) is 18.1 Å². The summed E-state index contributed by atoms with van der Waals surface area (Å²) in [4.78, 5) is 25.5. The molecule has 0 aliphatic heterocycles. The minimum atomic E-state index is -4.86. The van der Waals surface area contributed by atoms with E-state index in [1.165, 1.54) is 96.3 Å². The number of carboxylic acid groups (broad SMARTS) is 1. The molecular formula is C20H44N3O6P. The summed E-state index contributed by atoms with van der Waals surface area (Å²) in [6.07, 6.45) is 20.0. The molecule has 30 heavy (non-hydrogen) atoms. The summed E-state index contributed by atoms with van der Waals surface area (Å²) in [6, 6.07) is 1.61. The minimum absolute atomic E-state index is 0.536. The lowest BCUT2D eigenvalue weighted by atomic mass is 9.97. The highest BCUT2D eigenvalue weighted by Gasteiger charge is 2.33. The second-order valence-electron chi connectivity index (χ2n) is 8.50. The molecule has 3 fully saturated rings. The van der Waals surface area contributed by atoms with Crippen LogP contribution in [0.3, 0.4) is 0 Å². The molecule has 0 aromatic rings. The Hall–Kier alpha value is -0.540. The van der Waals surface area contributed by atoms with Gasteiger partial charge in [-0.15, -0.1) is 0 Å². The van der Waals surface area contributed by atoms with Crippen molar-refractivity contribution in [2.75, 3.05) is 0 Å². The van der Waals surface area contributed by atoms with Gasteiger partial charge in [-0.05, 0) is 38.5 Å². The van der Waals surface area contributed by atoms with Crippen molar-refractivity contribution in [2.45, 2.75) is 120 Å². The third-order valence-electron chi connectivity index (χ3n) is 5.49. The Bertz CT molecular complexity index is 435. The summed E-state index contributed by atoms with van der Waals surface area (Å²) < 4.78 is 9.84. The molecule has 3 rings (SSSR count). The number of nitrogens with two attached hydrogens (primary N) is 3. The summed E-state index contributed by atoms with van der Waals surface area (Å²) in [5.41, 5.74) is 16.9. The van der Waals surface area contributed by atoms with Gasteiger partial charge in [-0.2, -0.15) is 0 Å². The average molecular weight is 454 g/mol. The number of rotatable bonds is 2. The van der Waals surface area contributed by atoms with E-state index < -0.39 is 19.4 Å². The average Bonchev–Trinajstić information content (AvgIpc) is 2.70. The van der Waals surface area contributed by atoms with Gasteiger partial charge in [-0.1, -0.05) is 57.8 Å². The van der Waals surface area contributed by atoms with E-state index in [4.69, 9.17) is 37.2 Å². The van der Waals surface area contributed by atoms with Crippen molar-refractivity contribution in [2.24, 2.45) is 17.2 Å². The van der Waals surface area contributed by atoms with Crippen LogP contribution in [0.25, 0.3) is 0 Å². The molecule has 0 amide bonds. The first kappa shape index (κ1) is 29.5. The van der Waals surface area contributed by atoms with E-state index in [1.54, 1.807) is 0 Å². The molecule has 3 aliphatic rings.